The van der Waals surface area contributed by atoms with Crippen LogP contribution in [0.1, 0.15) is 13.8 Å². The van der Waals surface area contributed by atoms with E-state index in [1.54, 1.807) is 0 Å². The van der Waals surface area contributed by atoms with Crippen molar-refractivity contribution in [3.8, 4) is 11.8 Å². The first kappa shape index (κ1) is 8.58. The molecule has 0 aromatic heterocycles. The van der Waals surface area contributed by atoms with Crippen LogP contribution in [0.5, 0.6) is 0 Å². The molecule has 2 nitrogen and oxygen atoms in total. The summed E-state index contributed by atoms with van der Waals surface area (Å²) in [4.78, 5) is 2.39. The van der Waals surface area contributed by atoms with Crippen molar-refractivity contribution in [2.75, 3.05) is 26.2 Å². The van der Waals surface area contributed by atoms with E-state index in [-0.39, 0.29) is 0 Å². The van der Waals surface area contributed by atoms with Crippen LogP contribution in [0.2, 0.25) is 0 Å². The van der Waals surface area contributed by atoms with Crippen LogP contribution in [0.4, 0.5) is 0 Å². The predicted octanol–water partition coefficient (Wildman–Crippen LogP) is 0.303. The third kappa shape index (κ3) is 2.92. The maximum Gasteiger partial charge on any atom is 0.0602 e. The van der Waals surface area contributed by atoms with Crippen molar-refractivity contribution >= 4 is 0 Å². The zero-order chi connectivity index (χ0) is 8.10. The van der Waals surface area contributed by atoms with E-state index < -0.39 is 0 Å². The second-order valence-corrected chi connectivity index (χ2v) is 3.02. The minimum absolute atomic E-state index is 0.627. The van der Waals surface area contributed by atoms with Gasteiger partial charge >= 0.3 is 0 Å². The predicted molar refractivity (Wildman–Crippen MR) is 47.4 cm³/mol. The van der Waals surface area contributed by atoms with Gasteiger partial charge in [0.25, 0.3) is 0 Å². The van der Waals surface area contributed by atoms with Crippen molar-refractivity contribution in [1.82, 2.24) is 10.2 Å². The normalized spacial score (nSPS) is 25.8. The molecule has 0 amide bonds. The molecule has 1 heterocycles. The summed E-state index contributed by atoms with van der Waals surface area (Å²) in [5.74, 6) is 6.00. The van der Waals surface area contributed by atoms with Gasteiger partial charge in [0.2, 0.25) is 0 Å². The fourth-order valence-corrected chi connectivity index (χ4v) is 1.35. The molecule has 1 saturated heterocycles. The lowest BCUT2D eigenvalue weighted by Crippen LogP contribution is -2.49. The van der Waals surface area contributed by atoms with Crippen LogP contribution in [0.25, 0.3) is 0 Å². The summed E-state index contributed by atoms with van der Waals surface area (Å²) in [6.45, 7) is 8.42. The van der Waals surface area contributed by atoms with Crippen molar-refractivity contribution in [2.45, 2.75) is 19.9 Å². The maximum absolute atomic E-state index is 3.40. The average Bonchev–Trinajstić information content (AvgIpc) is 2.01. The molecular weight excluding hydrogens is 136 g/mol. The molecule has 0 spiro atoms. The van der Waals surface area contributed by atoms with E-state index in [1.807, 2.05) is 6.92 Å². The van der Waals surface area contributed by atoms with Crippen LogP contribution in [0.15, 0.2) is 0 Å². The fraction of sp³-hybridized carbons (Fsp3) is 0.778. The third-order valence-corrected chi connectivity index (χ3v) is 1.93. The van der Waals surface area contributed by atoms with Gasteiger partial charge in [-0.3, -0.25) is 4.90 Å². The molecule has 0 bridgehead atoms. The molecule has 0 aromatic carbocycles. The number of nitrogens with one attached hydrogen (secondary N) is 1. The lowest BCUT2D eigenvalue weighted by atomic mass is 10.2. The summed E-state index contributed by atoms with van der Waals surface area (Å²) in [6.07, 6.45) is 0. The van der Waals surface area contributed by atoms with Crippen LogP contribution in [0, 0.1) is 11.8 Å². The molecule has 1 aliphatic rings. The molecule has 1 N–H and O–H groups in total. The van der Waals surface area contributed by atoms with Crippen LogP contribution >= 0.6 is 0 Å². The second-order valence-electron chi connectivity index (χ2n) is 3.02. The van der Waals surface area contributed by atoms with Crippen LogP contribution < -0.4 is 5.32 Å². The highest BCUT2D eigenvalue weighted by Gasteiger charge is 2.13. The molecule has 1 atom stereocenters. The van der Waals surface area contributed by atoms with Gasteiger partial charge in [-0.05, 0) is 13.8 Å². The Morgan fingerprint density at radius 2 is 2.45 bits per heavy atom. The van der Waals surface area contributed by atoms with Gasteiger partial charge in [0, 0.05) is 25.7 Å². The van der Waals surface area contributed by atoms with E-state index in [9.17, 15) is 0 Å². The Labute approximate surface area is 69.0 Å². The molecule has 62 valence electrons. The zero-order valence-corrected chi connectivity index (χ0v) is 7.35. The van der Waals surface area contributed by atoms with E-state index in [2.05, 4.69) is 29.0 Å². The molecule has 11 heavy (non-hydrogen) atoms. The van der Waals surface area contributed by atoms with Gasteiger partial charge in [0.1, 0.15) is 0 Å². The van der Waals surface area contributed by atoms with Crippen LogP contribution in [-0.2, 0) is 0 Å². The summed E-state index contributed by atoms with van der Waals surface area (Å²) in [5, 5.41) is 3.40. The van der Waals surface area contributed by atoms with Crippen molar-refractivity contribution in [1.29, 1.82) is 0 Å². The average molecular weight is 152 g/mol. The molecule has 1 unspecified atom stereocenters. The SMILES string of the molecule is CC#CCN1CCNC(C)C1. The number of hydrogen-bond donors (Lipinski definition) is 1. The quantitative estimate of drug-likeness (QED) is 0.544. The Bertz CT molecular complexity index is 166. The standard InChI is InChI=1S/C9H16N2/c1-3-4-6-11-7-5-10-9(2)8-11/h9-10H,5-8H2,1-2H3. The maximum atomic E-state index is 3.40. The Balaban J connectivity index is 2.26. The first-order valence-electron chi connectivity index (χ1n) is 4.18. The largest absolute Gasteiger partial charge is 0.312 e. The smallest absolute Gasteiger partial charge is 0.0602 e. The van der Waals surface area contributed by atoms with Crippen LogP contribution in [0.3, 0.4) is 0 Å². The van der Waals surface area contributed by atoms with E-state index in [4.69, 9.17) is 0 Å². The van der Waals surface area contributed by atoms with E-state index >= 15 is 0 Å². The molecule has 0 radical (unpaired) electrons. The van der Waals surface area contributed by atoms with Gasteiger partial charge in [0.05, 0.1) is 6.54 Å². The molecule has 1 fully saturated rings. The van der Waals surface area contributed by atoms with E-state index in [0.29, 0.717) is 6.04 Å². The monoisotopic (exact) mass is 152 g/mol. The number of hydrogen-bond acceptors (Lipinski definition) is 2. The second kappa shape index (κ2) is 4.38. The fourth-order valence-electron chi connectivity index (χ4n) is 1.35. The minimum Gasteiger partial charge on any atom is -0.312 e. The lowest BCUT2D eigenvalue weighted by molar-refractivity contribution is 0.229. The number of piperazine rings is 1. The molecule has 1 rings (SSSR count). The Hall–Kier alpha value is -0.520. The summed E-state index contributed by atoms with van der Waals surface area (Å²) < 4.78 is 0. The van der Waals surface area contributed by atoms with Gasteiger partial charge in [-0.2, -0.15) is 0 Å². The highest BCUT2D eigenvalue weighted by molar-refractivity contribution is 4.98. The molecular formula is C9H16N2. The van der Waals surface area contributed by atoms with E-state index in [0.717, 1.165) is 26.2 Å². The Morgan fingerprint density at radius 1 is 1.64 bits per heavy atom. The van der Waals surface area contributed by atoms with Gasteiger partial charge < -0.3 is 5.32 Å². The summed E-state index contributed by atoms with van der Waals surface area (Å²) >= 11 is 0. The van der Waals surface area contributed by atoms with Gasteiger partial charge in [-0.15, -0.1) is 5.92 Å². The van der Waals surface area contributed by atoms with Gasteiger partial charge in [-0.25, -0.2) is 0 Å². The summed E-state index contributed by atoms with van der Waals surface area (Å²) in [7, 11) is 0. The highest BCUT2D eigenvalue weighted by atomic mass is 15.2. The van der Waals surface area contributed by atoms with Gasteiger partial charge in [0.15, 0.2) is 0 Å². The Morgan fingerprint density at radius 3 is 3.09 bits per heavy atom. The number of rotatable bonds is 1. The first-order chi connectivity index (χ1) is 5.33. The number of nitrogens with zero attached hydrogens (tertiary/aromatic N) is 1. The molecule has 1 aliphatic heterocycles. The zero-order valence-electron chi connectivity index (χ0n) is 7.35. The topological polar surface area (TPSA) is 15.3 Å². The molecule has 0 aliphatic carbocycles. The highest BCUT2D eigenvalue weighted by Crippen LogP contribution is 1.96. The lowest BCUT2D eigenvalue weighted by Gasteiger charge is -2.30. The summed E-state index contributed by atoms with van der Waals surface area (Å²) in [5.41, 5.74) is 0. The molecule has 0 saturated carbocycles. The minimum atomic E-state index is 0.627. The molecule has 0 aromatic rings. The third-order valence-electron chi connectivity index (χ3n) is 1.93. The first-order valence-corrected chi connectivity index (χ1v) is 4.18. The van der Waals surface area contributed by atoms with E-state index in [1.165, 1.54) is 0 Å². The summed E-state index contributed by atoms with van der Waals surface area (Å²) in [6, 6.07) is 0.627. The Kier molecular flexibility index (Phi) is 3.41. The van der Waals surface area contributed by atoms with Crippen molar-refractivity contribution in [3.63, 3.8) is 0 Å². The van der Waals surface area contributed by atoms with Crippen molar-refractivity contribution in [3.05, 3.63) is 0 Å². The van der Waals surface area contributed by atoms with Crippen LogP contribution in [-0.4, -0.2) is 37.1 Å². The van der Waals surface area contributed by atoms with Gasteiger partial charge in [-0.1, -0.05) is 5.92 Å². The van der Waals surface area contributed by atoms with Crippen molar-refractivity contribution < 1.29 is 0 Å². The van der Waals surface area contributed by atoms with Crippen molar-refractivity contribution in [2.24, 2.45) is 0 Å². The molecule has 2 heteroatoms.